The molecule has 1 fully saturated rings. The fraction of sp³-hybridized carbons (Fsp3) is 0.286. The minimum Gasteiger partial charge on any atom is -0.497 e. The number of ether oxygens (including phenoxy) is 1. The predicted molar refractivity (Wildman–Crippen MR) is 100 cm³/mol. The van der Waals surface area contributed by atoms with E-state index in [0.29, 0.717) is 23.8 Å². The van der Waals surface area contributed by atoms with Gasteiger partial charge in [-0.25, -0.2) is 0 Å². The monoisotopic (exact) mass is 363 g/mol. The Morgan fingerprint density at radius 3 is 2.78 bits per heavy atom. The number of hydrogen-bond acceptors (Lipinski definition) is 5. The second-order valence-electron chi connectivity index (χ2n) is 6.71. The van der Waals surface area contributed by atoms with E-state index in [1.54, 1.807) is 31.4 Å². The van der Waals surface area contributed by atoms with E-state index < -0.39 is 0 Å². The molecule has 1 atom stereocenters. The minimum absolute atomic E-state index is 0.0320. The summed E-state index contributed by atoms with van der Waals surface area (Å²) in [5, 5.41) is 4.12. The zero-order valence-corrected chi connectivity index (χ0v) is 15.4. The molecule has 0 radical (unpaired) electrons. The molecule has 6 nitrogen and oxygen atoms in total. The van der Waals surface area contributed by atoms with Gasteiger partial charge in [-0.2, -0.15) is 4.98 Å². The number of benzene rings is 2. The highest BCUT2D eigenvalue weighted by Gasteiger charge is 2.34. The van der Waals surface area contributed by atoms with Gasteiger partial charge in [0.05, 0.1) is 7.11 Å². The van der Waals surface area contributed by atoms with Gasteiger partial charge in [0.25, 0.3) is 5.91 Å². The van der Waals surface area contributed by atoms with Gasteiger partial charge in [0.2, 0.25) is 11.7 Å². The largest absolute Gasteiger partial charge is 0.497 e. The molecule has 0 bridgehead atoms. The molecule has 0 aliphatic carbocycles. The van der Waals surface area contributed by atoms with Crippen LogP contribution in [-0.4, -0.2) is 34.6 Å². The molecule has 3 aromatic rings. The second-order valence-corrected chi connectivity index (χ2v) is 6.71. The molecule has 0 N–H and O–H groups in total. The lowest BCUT2D eigenvalue weighted by Gasteiger charge is -2.22. The van der Waals surface area contributed by atoms with Crippen LogP contribution in [0.25, 0.3) is 11.4 Å². The molecular formula is C21H21N3O3. The van der Waals surface area contributed by atoms with Crippen molar-refractivity contribution in [2.75, 3.05) is 13.7 Å². The van der Waals surface area contributed by atoms with Crippen LogP contribution in [0.15, 0.2) is 53.1 Å². The number of rotatable bonds is 4. The number of likely N-dealkylation sites (tertiary alicyclic amines) is 1. The van der Waals surface area contributed by atoms with Crippen molar-refractivity contribution in [2.45, 2.75) is 25.8 Å². The van der Waals surface area contributed by atoms with E-state index in [4.69, 9.17) is 9.26 Å². The van der Waals surface area contributed by atoms with Gasteiger partial charge in [0, 0.05) is 17.7 Å². The quantitative estimate of drug-likeness (QED) is 0.700. The SMILES string of the molecule is COc1ccc(C(=O)N2CCC[C@@H]2c2nc(-c3cccc(C)c3)no2)cc1. The van der Waals surface area contributed by atoms with Gasteiger partial charge in [-0.1, -0.05) is 28.9 Å². The summed E-state index contributed by atoms with van der Waals surface area (Å²) in [5.41, 5.74) is 2.67. The van der Waals surface area contributed by atoms with Crippen molar-refractivity contribution in [3.05, 3.63) is 65.5 Å². The number of amides is 1. The summed E-state index contributed by atoms with van der Waals surface area (Å²) in [6.45, 7) is 2.70. The summed E-state index contributed by atoms with van der Waals surface area (Å²) < 4.78 is 10.7. The van der Waals surface area contributed by atoms with Gasteiger partial charge in [-0.3, -0.25) is 4.79 Å². The first-order valence-corrected chi connectivity index (χ1v) is 9.01. The number of carbonyl (C=O) groups is 1. The van der Waals surface area contributed by atoms with Crippen molar-refractivity contribution in [3.8, 4) is 17.1 Å². The highest BCUT2D eigenvalue weighted by Crippen LogP contribution is 2.33. The molecule has 1 aromatic heterocycles. The van der Waals surface area contributed by atoms with Crippen molar-refractivity contribution in [2.24, 2.45) is 0 Å². The first kappa shape index (κ1) is 17.3. The van der Waals surface area contributed by atoms with Crippen LogP contribution >= 0.6 is 0 Å². The van der Waals surface area contributed by atoms with Crippen LogP contribution < -0.4 is 4.74 Å². The summed E-state index contributed by atoms with van der Waals surface area (Å²) in [6.07, 6.45) is 1.73. The predicted octanol–water partition coefficient (Wildman–Crippen LogP) is 4.03. The summed E-state index contributed by atoms with van der Waals surface area (Å²) in [6, 6.07) is 14.9. The lowest BCUT2D eigenvalue weighted by molar-refractivity contribution is 0.0710. The van der Waals surface area contributed by atoms with E-state index in [1.165, 1.54) is 0 Å². The maximum Gasteiger partial charge on any atom is 0.254 e. The molecule has 6 heteroatoms. The molecule has 27 heavy (non-hydrogen) atoms. The smallest absolute Gasteiger partial charge is 0.254 e. The van der Waals surface area contributed by atoms with E-state index in [1.807, 2.05) is 36.1 Å². The van der Waals surface area contributed by atoms with Crippen LogP contribution in [0.4, 0.5) is 0 Å². The Kier molecular flexibility index (Phi) is 4.62. The molecule has 1 amide bonds. The third-order valence-corrected chi connectivity index (χ3v) is 4.85. The van der Waals surface area contributed by atoms with Gasteiger partial charge in [0.1, 0.15) is 11.8 Å². The Hall–Kier alpha value is -3.15. The average molecular weight is 363 g/mol. The molecule has 138 valence electrons. The Morgan fingerprint density at radius 1 is 1.22 bits per heavy atom. The third kappa shape index (κ3) is 3.43. The third-order valence-electron chi connectivity index (χ3n) is 4.85. The Balaban J connectivity index is 1.57. The van der Waals surface area contributed by atoms with Gasteiger partial charge in [0.15, 0.2) is 0 Å². The fourth-order valence-electron chi connectivity index (χ4n) is 3.44. The number of aryl methyl sites for hydroxylation is 1. The first-order valence-electron chi connectivity index (χ1n) is 9.01. The molecule has 1 saturated heterocycles. The van der Waals surface area contributed by atoms with Gasteiger partial charge in [-0.05, 0) is 50.1 Å². The standard InChI is InChI=1S/C21H21N3O3/c1-14-5-3-6-16(13-14)19-22-20(27-23-19)18-7-4-12-24(18)21(25)15-8-10-17(26-2)11-9-15/h3,5-6,8-11,13,18H,4,7,12H2,1-2H3/t18-/m1/s1. The van der Waals surface area contributed by atoms with Crippen molar-refractivity contribution >= 4 is 5.91 Å². The zero-order chi connectivity index (χ0) is 18.8. The fourth-order valence-corrected chi connectivity index (χ4v) is 3.44. The molecule has 1 aliphatic heterocycles. The summed E-state index contributed by atoms with van der Waals surface area (Å²) in [5.74, 6) is 1.74. The van der Waals surface area contributed by atoms with E-state index in [0.717, 1.165) is 29.7 Å². The summed E-state index contributed by atoms with van der Waals surface area (Å²) >= 11 is 0. The average Bonchev–Trinajstić information content (AvgIpc) is 3.37. The minimum atomic E-state index is -0.189. The molecule has 4 rings (SSSR count). The van der Waals surface area contributed by atoms with Crippen LogP contribution in [0.1, 0.15) is 40.7 Å². The summed E-state index contributed by atoms with van der Waals surface area (Å²) in [7, 11) is 1.61. The normalized spacial score (nSPS) is 16.5. The number of methoxy groups -OCH3 is 1. The van der Waals surface area contributed by atoms with E-state index >= 15 is 0 Å². The van der Waals surface area contributed by atoms with Crippen LogP contribution in [0.2, 0.25) is 0 Å². The lowest BCUT2D eigenvalue weighted by Crippen LogP contribution is -2.30. The second kappa shape index (κ2) is 7.23. The number of carbonyl (C=O) groups excluding carboxylic acids is 1. The molecular weight excluding hydrogens is 342 g/mol. The molecule has 0 spiro atoms. The first-order chi connectivity index (χ1) is 13.2. The number of nitrogens with zero attached hydrogens (tertiary/aromatic N) is 3. The molecule has 2 heterocycles. The highest BCUT2D eigenvalue weighted by molar-refractivity contribution is 5.94. The van der Waals surface area contributed by atoms with E-state index in [9.17, 15) is 4.79 Å². The molecule has 0 unspecified atom stereocenters. The summed E-state index contributed by atoms with van der Waals surface area (Å²) in [4.78, 5) is 19.3. The molecule has 0 saturated carbocycles. The Labute approximate surface area is 157 Å². The maximum absolute atomic E-state index is 12.9. The molecule has 1 aliphatic rings. The van der Waals surface area contributed by atoms with Crippen molar-refractivity contribution in [1.29, 1.82) is 0 Å². The zero-order valence-electron chi connectivity index (χ0n) is 15.4. The van der Waals surface area contributed by atoms with Crippen LogP contribution in [0.5, 0.6) is 5.75 Å². The van der Waals surface area contributed by atoms with Crippen LogP contribution in [0, 0.1) is 6.92 Å². The number of hydrogen-bond donors (Lipinski definition) is 0. The topological polar surface area (TPSA) is 68.5 Å². The van der Waals surface area contributed by atoms with Crippen molar-refractivity contribution in [1.82, 2.24) is 15.0 Å². The van der Waals surface area contributed by atoms with Crippen LogP contribution in [0.3, 0.4) is 0 Å². The Bertz CT molecular complexity index is 949. The van der Waals surface area contributed by atoms with Crippen LogP contribution in [-0.2, 0) is 0 Å². The maximum atomic E-state index is 12.9. The van der Waals surface area contributed by atoms with E-state index in [2.05, 4.69) is 10.1 Å². The highest BCUT2D eigenvalue weighted by atomic mass is 16.5. The Morgan fingerprint density at radius 2 is 2.04 bits per heavy atom. The van der Waals surface area contributed by atoms with Gasteiger partial charge >= 0.3 is 0 Å². The lowest BCUT2D eigenvalue weighted by atomic mass is 10.1. The van der Waals surface area contributed by atoms with Crippen molar-refractivity contribution in [3.63, 3.8) is 0 Å². The number of aromatic nitrogens is 2. The van der Waals surface area contributed by atoms with Gasteiger partial charge in [-0.15, -0.1) is 0 Å². The van der Waals surface area contributed by atoms with Gasteiger partial charge < -0.3 is 14.2 Å². The molecule has 2 aromatic carbocycles. The van der Waals surface area contributed by atoms with Crippen molar-refractivity contribution < 1.29 is 14.1 Å². The van der Waals surface area contributed by atoms with E-state index in [-0.39, 0.29) is 11.9 Å².